The van der Waals surface area contributed by atoms with E-state index >= 15 is 0 Å². The average molecular weight is 253 g/mol. The number of rotatable bonds is 4. The lowest BCUT2D eigenvalue weighted by molar-refractivity contribution is -0.124. The molecule has 1 fully saturated rings. The molecule has 0 bridgehead atoms. The predicted molar refractivity (Wildman–Crippen MR) is 69.1 cm³/mol. The second-order valence-corrected chi connectivity index (χ2v) is 4.79. The fourth-order valence-corrected chi connectivity index (χ4v) is 2.13. The normalized spacial score (nSPS) is 19.2. The molecule has 1 heterocycles. The fourth-order valence-electron chi connectivity index (χ4n) is 2.00. The third-order valence-corrected chi connectivity index (χ3v) is 3.31. The van der Waals surface area contributed by atoms with Crippen molar-refractivity contribution < 1.29 is 4.79 Å². The minimum Gasteiger partial charge on any atom is -0.355 e. The predicted octanol–water partition coefficient (Wildman–Crippen LogP) is 1.61. The van der Waals surface area contributed by atoms with E-state index in [0.29, 0.717) is 6.54 Å². The number of hydrogen-bond acceptors (Lipinski definition) is 2. The van der Waals surface area contributed by atoms with Gasteiger partial charge in [0.1, 0.15) is 0 Å². The number of hydrogen-bond donors (Lipinski definition) is 2. The molecule has 1 atom stereocenters. The van der Waals surface area contributed by atoms with Crippen LogP contribution in [-0.4, -0.2) is 25.5 Å². The van der Waals surface area contributed by atoms with Crippen molar-refractivity contribution in [3.63, 3.8) is 0 Å². The third kappa shape index (κ3) is 3.72. The number of halogens is 1. The molecule has 0 saturated carbocycles. The summed E-state index contributed by atoms with van der Waals surface area (Å²) in [7, 11) is 0. The average Bonchev–Trinajstić information content (AvgIpc) is 2.85. The van der Waals surface area contributed by atoms with Crippen LogP contribution in [0.5, 0.6) is 0 Å². The highest BCUT2D eigenvalue weighted by molar-refractivity contribution is 6.30. The molecule has 4 heteroatoms. The zero-order valence-electron chi connectivity index (χ0n) is 9.71. The summed E-state index contributed by atoms with van der Waals surface area (Å²) in [4.78, 5) is 11.7. The largest absolute Gasteiger partial charge is 0.355 e. The van der Waals surface area contributed by atoms with Gasteiger partial charge in [0.05, 0.1) is 5.92 Å². The highest BCUT2D eigenvalue weighted by Crippen LogP contribution is 2.10. The Balaban J connectivity index is 1.72. The van der Waals surface area contributed by atoms with Crippen LogP contribution in [0.25, 0.3) is 0 Å². The lowest BCUT2D eigenvalue weighted by Crippen LogP contribution is -2.33. The van der Waals surface area contributed by atoms with Crippen LogP contribution in [0, 0.1) is 5.92 Å². The number of carbonyl (C=O) groups excluding carboxylic acids is 1. The standard InChI is InChI=1S/C13H17ClN2O/c14-12-3-1-10(2-4-12)5-8-16-13(17)11-6-7-15-9-11/h1-4,11,15H,5-9H2,(H,16,17)/t11-/m0/s1. The first-order valence-electron chi connectivity index (χ1n) is 5.98. The number of benzene rings is 1. The van der Waals surface area contributed by atoms with Gasteiger partial charge in [0.25, 0.3) is 0 Å². The highest BCUT2D eigenvalue weighted by atomic mass is 35.5. The van der Waals surface area contributed by atoms with Crippen LogP contribution in [0.1, 0.15) is 12.0 Å². The molecule has 1 aromatic rings. The SMILES string of the molecule is O=C(NCCc1ccc(Cl)cc1)[C@H]1CCNC1. The van der Waals surface area contributed by atoms with Gasteiger partial charge in [-0.2, -0.15) is 0 Å². The number of nitrogens with one attached hydrogen (secondary N) is 2. The fraction of sp³-hybridized carbons (Fsp3) is 0.462. The van der Waals surface area contributed by atoms with E-state index in [1.807, 2.05) is 24.3 Å². The molecule has 3 nitrogen and oxygen atoms in total. The van der Waals surface area contributed by atoms with E-state index in [-0.39, 0.29) is 11.8 Å². The van der Waals surface area contributed by atoms with Gasteiger partial charge in [0.2, 0.25) is 5.91 Å². The van der Waals surface area contributed by atoms with E-state index in [2.05, 4.69) is 10.6 Å². The van der Waals surface area contributed by atoms with Crippen LogP contribution in [-0.2, 0) is 11.2 Å². The van der Waals surface area contributed by atoms with Crippen LogP contribution in [0.3, 0.4) is 0 Å². The molecular formula is C13H17ClN2O. The van der Waals surface area contributed by atoms with Gasteiger partial charge in [-0.1, -0.05) is 23.7 Å². The summed E-state index contributed by atoms with van der Waals surface area (Å²) in [6.45, 7) is 2.46. The van der Waals surface area contributed by atoms with Crippen molar-refractivity contribution in [2.75, 3.05) is 19.6 Å². The van der Waals surface area contributed by atoms with Crippen molar-refractivity contribution in [2.24, 2.45) is 5.92 Å². The molecule has 0 radical (unpaired) electrons. The van der Waals surface area contributed by atoms with Crippen molar-refractivity contribution in [3.05, 3.63) is 34.9 Å². The Morgan fingerprint density at radius 3 is 2.82 bits per heavy atom. The van der Waals surface area contributed by atoms with Gasteiger partial charge in [-0.05, 0) is 37.1 Å². The molecule has 0 unspecified atom stereocenters. The molecule has 0 aromatic heterocycles. The quantitative estimate of drug-likeness (QED) is 0.855. The van der Waals surface area contributed by atoms with E-state index in [9.17, 15) is 4.79 Å². The Labute approximate surface area is 107 Å². The zero-order chi connectivity index (χ0) is 12.1. The van der Waals surface area contributed by atoms with Gasteiger partial charge < -0.3 is 10.6 Å². The lowest BCUT2D eigenvalue weighted by atomic mass is 10.1. The van der Waals surface area contributed by atoms with Crippen molar-refractivity contribution in [1.82, 2.24) is 10.6 Å². The Morgan fingerprint density at radius 1 is 1.41 bits per heavy atom. The minimum atomic E-state index is 0.153. The lowest BCUT2D eigenvalue weighted by Gasteiger charge is -2.09. The van der Waals surface area contributed by atoms with Crippen LogP contribution < -0.4 is 10.6 Å². The monoisotopic (exact) mass is 252 g/mol. The van der Waals surface area contributed by atoms with Crippen LogP contribution in [0.15, 0.2) is 24.3 Å². The summed E-state index contributed by atoms with van der Waals surface area (Å²) in [6, 6.07) is 7.73. The first-order valence-corrected chi connectivity index (χ1v) is 6.36. The first-order chi connectivity index (χ1) is 8.25. The Morgan fingerprint density at radius 2 is 2.18 bits per heavy atom. The third-order valence-electron chi connectivity index (χ3n) is 3.06. The maximum absolute atomic E-state index is 11.7. The summed E-state index contributed by atoms with van der Waals surface area (Å²) < 4.78 is 0. The van der Waals surface area contributed by atoms with E-state index in [1.54, 1.807) is 0 Å². The van der Waals surface area contributed by atoms with Crippen LogP contribution in [0.4, 0.5) is 0 Å². The summed E-state index contributed by atoms with van der Waals surface area (Å²) in [5.41, 5.74) is 1.19. The van der Waals surface area contributed by atoms with Gasteiger partial charge >= 0.3 is 0 Å². The maximum atomic E-state index is 11.7. The molecule has 92 valence electrons. The summed E-state index contributed by atoms with van der Waals surface area (Å²) in [5.74, 6) is 0.323. The Kier molecular flexibility index (Phi) is 4.40. The van der Waals surface area contributed by atoms with Gasteiger partial charge in [0, 0.05) is 18.1 Å². The van der Waals surface area contributed by atoms with Crippen molar-refractivity contribution in [2.45, 2.75) is 12.8 Å². The molecule has 1 aromatic carbocycles. The minimum absolute atomic E-state index is 0.153. The number of amides is 1. The molecule has 17 heavy (non-hydrogen) atoms. The summed E-state index contributed by atoms with van der Waals surface area (Å²) in [5, 5.41) is 6.91. The molecule has 1 aliphatic rings. The molecular weight excluding hydrogens is 236 g/mol. The Hall–Kier alpha value is -1.06. The van der Waals surface area contributed by atoms with E-state index < -0.39 is 0 Å². The topological polar surface area (TPSA) is 41.1 Å². The summed E-state index contributed by atoms with van der Waals surface area (Å²) in [6.07, 6.45) is 1.80. The van der Waals surface area contributed by atoms with Crippen molar-refractivity contribution >= 4 is 17.5 Å². The van der Waals surface area contributed by atoms with E-state index in [0.717, 1.165) is 31.0 Å². The van der Waals surface area contributed by atoms with E-state index in [1.165, 1.54) is 5.56 Å². The second-order valence-electron chi connectivity index (χ2n) is 4.36. The number of carbonyl (C=O) groups is 1. The first kappa shape index (κ1) is 12.4. The van der Waals surface area contributed by atoms with Gasteiger partial charge in [-0.3, -0.25) is 4.79 Å². The molecule has 2 N–H and O–H groups in total. The van der Waals surface area contributed by atoms with Crippen molar-refractivity contribution in [1.29, 1.82) is 0 Å². The second kappa shape index (κ2) is 6.03. The highest BCUT2D eigenvalue weighted by Gasteiger charge is 2.21. The van der Waals surface area contributed by atoms with Gasteiger partial charge in [0.15, 0.2) is 0 Å². The van der Waals surface area contributed by atoms with Gasteiger partial charge in [-0.25, -0.2) is 0 Å². The van der Waals surface area contributed by atoms with Crippen LogP contribution in [0.2, 0.25) is 5.02 Å². The summed E-state index contributed by atoms with van der Waals surface area (Å²) >= 11 is 5.81. The smallest absolute Gasteiger partial charge is 0.224 e. The molecule has 0 aliphatic carbocycles. The zero-order valence-corrected chi connectivity index (χ0v) is 10.5. The molecule has 1 aliphatic heterocycles. The molecule has 1 amide bonds. The molecule has 0 spiro atoms. The van der Waals surface area contributed by atoms with Crippen molar-refractivity contribution in [3.8, 4) is 0 Å². The van der Waals surface area contributed by atoms with Crippen LogP contribution >= 0.6 is 11.6 Å². The Bertz CT molecular complexity index is 372. The molecule has 1 saturated heterocycles. The molecule has 2 rings (SSSR count). The maximum Gasteiger partial charge on any atom is 0.224 e. The van der Waals surface area contributed by atoms with E-state index in [4.69, 9.17) is 11.6 Å². The van der Waals surface area contributed by atoms with Gasteiger partial charge in [-0.15, -0.1) is 0 Å².